The third-order valence-electron chi connectivity index (χ3n) is 3.93. The summed E-state index contributed by atoms with van der Waals surface area (Å²) in [5, 5.41) is 9.58. The zero-order valence-corrected chi connectivity index (χ0v) is 12.4. The Labute approximate surface area is 119 Å². The number of rotatable bonds is 3. The summed E-state index contributed by atoms with van der Waals surface area (Å²) in [6.45, 7) is 7.70. The Morgan fingerprint density at radius 3 is 2.45 bits per heavy atom. The molecule has 0 spiro atoms. The molecule has 2 heterocycles. The second-order valence-corrected chi connectivity index (χ2v) is 5.94. The van der Waals surface area contributed by atoms with Crippen LogP contribution in [0, 0.1) is 0 Å². The fourth-order valence-electron chi connectivity index (χ4n) is 1.91. The highest BCUT2D eigenvalue weighted by atomic mass is 16.7. The molecule has 1 aromatic rings. The lowest BCUT2D eigenvalue weighted by Gasteiger charge is -2.32. The lowest BCUT2D eigenvalue weighted by atomic mass is 9.78. The van der Waals surface area contributed by atoms with Crippen LogP contribution in [-0.4, -0.2) is 35.0 Å². The van der Waals surface area contributed by atoms with Gasteiger partial charge in [-0.2, -0.15) is 0 Å². The largest absolute Gasteiger partial charge is 0.492 e. The average Bonchev–Trinajstić information content (AvgIpc) is 2.57. The lowest BCUT2D eigenvalue weighted by molar-refractivity contribution is 0.00578. The van der Waals surface area contributed by atoms with Gasteiger partial charge in [-0.05, 0) is 51.4 Å². The van der Waals surface area contributed by atoms with Gasteiger partial charge in [0.15, 0.2) is 0 Å². The first-order valence-corrected chi connectivity index (χ1v) is 6.64. The van der Waals surface area contributed by atoms with Crippen molar-refractivity contribution < 1.29 is 14.4 Å². The van der Waals surface area contributed by atoms with Crippen molar-refractivity contribution in [3.05, 3.63) is 29.5 Å². The second kappa shape index (κ2) is 5.20. The molecule has 108 valence electrons. The summed E-state index contributed by atoms with van der Waals surface area (Å²) in [4.78, 5) is 4.19. The van der Waals surface area contributed by atoms with Gasteiger partial charge in [0.1, 0.15) is 0 Å². The molecule has 0 atom stereocenters. The number of aliphatic hydroxyl groups excluding tert-OH is 1. The van der Waals surface area contributed by atoms with E-state index in [0.717, 1.165) is 0 Å². The van der Waals surface area contributed by atoms with Crippen LogP contribution in [0.1, 0.15) is 33.4 Å². The number of nitrogen functional groups attached to an aromatic ring is 1. The number of hydrogen-bond donors (Lipinski definition) is 2. The first-order valence-electron chi connectivity index (χ1n) is 6.64. The van der Waals surface area contributed by atoms with E-state index in [4.69, 9.17) is 15.0 Å². The molecular weight excluding hydrogens is 255 g/mol. The van der Waals surface area contributed by atoms with Crippen molar-refractivity contribution in [3.8, 4) is 0 Å². The van der Waals surface area contributed by atoms with Crippen molar-refractivity contribution in [2.75, 3.05) is 12.3 Å². The van der Waals surface area contributed by atoms with Crippen LogP contribution in [-0.2, 0) is 9.31 Å². The monoisotopic (exact) mass is 276 g/mol. The summed E-state index contributed by atoms with van der Waals surface area (Å²) >= 11 is 0. The van der Waals surface area contributed by atoms with E-state index in [1.807, 2.05) is 27.7 Å². The van der Waals surface area contributed by atoms with Crippen LogP contribution in [0.3, 0.4) is 0 Å². The van der Waals surface area contributed by atoms with Gasteiger partial charge in [0, 0.05) is 6.20 Å². The van der Waals surface area contributed by atoms with Gasteiger partial charge in [-0.25, -0.2) is 0 Å². The maximum Gasteiger partial charge on any atom is 0.492 e. The molecule has 1 aromatic heterocycles. The molecule has 2 rings (SSSR count). The third-order valence-corrected chi connectivity index (χ3v) is 3.93. The Kier molecular flexibility index (Phi) is 3.91. The highest BCUT2D eigenvalue weighted by Crippen LogP contribution is 2.38. The van der Waals surface area contributed by atoms with E-state index in [1.165, 1.54) is 0 Å². The molecule has 1 fully saturated rings. The highest BCUT2D eigenvalue weighted by molar-refractivity contribution is 6.55. The Hall–Kier alpha value is -1.37. The van der Waals surface area contributed by atoms with Gasteiger partial charge in [-0.15, -0.1) is 0 Å². The molecule has 6 heteroatoms. The predicted octanol–water partition coefficient (Wildman–Crippen LogP) is 1.67. The molecule has 0 unspecified atom stereocenters. The lowest BCUT2D eigenvalue weighted by Crippen LogP contribution is -2.41. The van der Waals surface area contributed by atoms with Gasteiger partial charge in [0.25, 0.3) is 0 Å². The average molecular weight is 276 g/mol. The van der Waals surface area contributed by atoms with Gasteiger partial charge >= 0.3 is 7.12 Å². The van der Waals surface area contributed by atoms with Crippen molar-refractivity contribution in [1.29, 1.82) is 0 Å². The summed E-state index contributed by atoms with van der Waals surface area (Å²) in [7, 11) is -0.591. The Morgan fingerprint density at radius 2 is 1.95 bits per heavy atom. The number of nitrogens with zero attached hydrogens (tertiary/aromatic N) is 1. The molecule has 0 aliphatic carbocycles. The SMILES string of the molecule is CC1(C)OB(C(=Cc2ncccc2N)CO)OC1(C)C. The summed E-state index contributed by atoms with van der Waals surface area (Å²) in [5.41, 5.74) is 6.73. The van der Waals surface area contributed by atoms with Crippen LogP contribution < -0.4 is 5.73 Å². The van der Waals surface area contributed by atoms with Gasteiger partial charge in [0.2, 0.25) is 0 Å². The molecule has 1 saturated heterocycles. The maximum atomic E-state index is 9.58. The molecule has 3 N–H and O–H groups in total. The normalized spacial score (nSPS) is 21.2. The van der Waals surface area contributed by atoms with E-state index in [2.05, 4.69) is 4.98 Å². The fraction of sp³-hybridized carbons (Fsp3) is 0.500. The van der Waals surface area contributed by atoms with Gasteiger partial charge in [0.05, 0.1) is 29.2 Å². The van der Waals surface area contributed by atoms with Crippen molar-refractivity contribution in [2.45, 2.75) is 38.9 Å². The molecule has 5 nitrogen and oxygen atoms in total. The molecule has 20 heavy (non-hydrogen) atoms. The zero-order valence-electron chi connectivity index (χ0n) is 12.4. The third kappa shape index (κ3) is 2.72. The minimum atomic E-state index is -0.591. The molecule has 0 saturated carbocycles. The van der Waals surface area contributed by atoms with E-state index >= 15 is 0 Å². The number of aliphatic hydroxyl groups is 1. The Morgan fingerprint density at radius 1 is 1.35 bits per heavy atom. The predicted molar refractivity (Wildman–Crippen MR) is 79.8 cm³/mol. The van der Waals surface area contributed by atoms with Gasteiger partial charge in [-0.3, -0.25) is 4.98 Å². The minimum absolute atomic E-state index is 0.174. The topological polar surface area (TPSA) is 77.6 Å². The van der Waals surface area contributed by atoms with E-state index in [1.54, 1.807) is 24.4 Å². The van der Waals surface area contributed by atoms with Gasteiger partial charge < -0.3 is 20.1 Å². The number of pyridine rings is 1. The minimum Gasteiger partial charge on any atom is -0.400 e. The number of hydrogen-bond acceptors (Lipinski definition) is 5. The zero-order chi connectivity index (χ0) is 15.0. The second-order valence-electron chi connectivity index (χ2n) is 5.94. The summed E-state index contributed by atoms with van der Waals surface area (Å²) < 4.78 is 11.8. The van der Waals surface area contributed by atoms with Crippen LogP contribution in [0.15, 0.2) is 23.8 Å². The summed E-state index contributed by atoms with van der Waals surface area (Å²) in [6, 6.07) is 3.53. The summed E-state index contributed by atoms with van der Waals surface area (Å²) in [6.07, 6.45) is 3.37. The van der Waals surface area contributed by atoms with Crippen LogP contribution in [0.4, 0.5) is 5.69 Å². The molecule has 0 aromatic carbocycles. The molecular formula is C14H21BN2O3. The van der Waals surface area contributed by atoms with E-state index < -0.39 is 18.3 Å². The first-order chi connectivity index (χ1) is 9.27. The van der Waals surface area contributed by atoms with E-state index in [0.29, 0.717) is 16.9 Å². The van der Waals surface area contributed by atoms with E-state index in [-0.39, 0.29) is 6.61 Å². The van der Waals surface area contributed by atoms with Crippen molar-refractivity contribution in [1.82, 2.24) is 4.98 Å². The number of aromatic nitrogens is 1. The fourth-order valence-corrected chi connectivity index (χ4v) is 1.91. The number of nitrogens with two attached hydrogens (primary N) is 1. The van der Waals surface area contributed by atoms with Crippen molar-refractivity contribution in [2.24, 2.45) is 0 Å². The van der Waals surface area contributed by atoms with Gasteiger partial charge in [-0.1, -0.05) is 0 Å². The Balaban J connectivity index is 2.29. The van der Waals surface area contributed by atoms with Crippen molar-refractivity contribution in [3.63, 3.8) is 0 Å². The molecule has 0 bridgehead atoms. The highest BCUT2D eigenvalue weighted by Gasteiger charge is 2.52. The number of anilines is 1. The molecule has 0 radical (unpaired) electrons. The van der Waals surface area contributed by atoms with Crippen molar-refractivity contribution >= 4 is 18.9 Å². The first kappa shape index (κ1) is 15.0. The van der Waals surface area contributed by atoms with Crippen LogP contribution in [0.5, 0.6) is 0 Å². The molecule has 1 aliphatic heterocycles. The molecule has 0 amide bonds. The summed E-state index contributed by atoms with van der Waals surface area (Å²) in [5.74, 6) is 0. The van der Waals surface area contributed by atoms with E-state index in [9.17, 15) is 5.11 Å². The molecule has 1 aliphatic rings. The maximum absolute atomic E-state index is 9.58. The van der Waals surface area contributed by atoms with Crippen LogP contribution >= 0.6 is 0 Å². The Bertz CT molecular complexity index is 513. The smallest absolute Gasteiger partial charge is 0.400 e. The van der Waals surface area contributed by atoms with Crippen LogP contribution in [0.25, 0.3) is 6.08 Å². The quantitative estimate of drug-likeness (QED) is 0.821. The van der Waals surface area contributed by atoms with Crippen LogP contribution in [0.2, 0.25) is 0 Å². The standard InChI is InChI=1S/C14H21BN2O3/c1-13(2)14(3,4)20-15(19-13)10(9-18)8-12-11(16)6-5-7-17-12/h5-8,18H,9,16H2,1-4H3.